The fourth-order valence-corrected chi connectivity index (χ4v) is 4.82. The van der Waals surface area contributed by atoms with E-state index in [1.165, 1.54) is 16.4 Å². The highest BCUT2D eigenvalue weighted by Crippen LogP contribution is 2.36. The SMILES string of the molecule is CC(C)N1CCN(S(=O)(=O)c2cc3c(cc2Cl)NC(=O)CO3)CC1. The lowest BCUT2D eigenvalue weighted by Crippen LogP contribution is -2.50. The summed E-state index contributed by atoms with van der Waals surface area (Å²) in [5.74, 6) is 0.0253. The van der Waals surface area contributed by atoms with E-state index in [0.717, 1.165) is 0 Å². The number of hydrogen-bond acceptors (Lipinski definition) is 5. The number of piperazine rings is 1. The summed E-state index contributed by atoms with van der Waals surface area (Å²) < 4.78 is 32.6. The minimum Gasteiger partial charge on any atom is -0.482 e. The molecular weight excluding hydrogens is 354 g/mol. The minimum absolute atomic E-state index is 0.0112. The van der Waals surface area contributed by atoms with Gasteiger partial charge in [-0.15, -0.1) is 0 Å². The Kier molecular flexibility index (Phi) is 4.74. The molecule has 0 unspecified atom stereocenters. The third-order valence-electron chi connectivity index (χ3n) is 4.29. The fourth-order valence-electron chi connectivity index (χ4n) is 2.88. The number of carbonyl (C=O) groups is 1. The summed E-state index contributed by atoms with van der Waals surface area (Å²) in [6, 6.07) is 3.20. The van der Waals surface area contributed by atoms with Crippen molar-refractivity contribution >= 4 is 33.2 Å². The molecule has 2 aliphatic rings. The van der Waals surface area contributed by atoms with E-state index in [-0.39, 0.29) is 22.4 Å². The molecule has 1 aromatic carbocycles. The molecule has 0 saturated carbocycles. The number of ether oxygens (including phenoxy) is 1. The molecule has 1 N–H and O–H groups in total. The van der Waals surface area contributed by atoms with Crippen molar-refractivity contribution in [2.24, 2.45) is 0 Å². The number of sulfonamides is 1. The largest absolute Gasteiger partial charge is 0.482 e. The van der Waals surface area contributed by atoms with E-state index in [0.29, 0.717) is 43.7 Å². The van der Waals surface area contributed by atoms with Gasteiger partial charge in [0, 0.05) is 38.3 Å². The van der Waals surface area contributed by atoms with Gasteiger partial charge < -0.3 is 10.1 Å². The van der Waals surface area contributed by atoms with Gasteiger partial charge in [-0.2, -0.15) is 4.31 Å². The molecule has 1 amide bonds. The van der Waals surface area contributed by atoms with Gasteiger partial charge in [0.15, 0.2) is 6.61 Å². The van der Waals surface area contributed by atoms with E-state index in [1.807, 2.05) is 0 Å². The first kappa shape index (κ1) is 17.5. The zero-order chi connectivity index (χ0) is 17.5. The average molecular weight is 374 g/mol. The number of rotatable bonds is 3. The smallest absolute Gasteiger partial charge is 0.262 e. The van der Waals surface area contributed by atoms with Crippen LogP contribution in [0.4, 0.5) is 5.69 Å². The van der Waals surface area contributed by atoms with Crippen LogP contribution in [0, 0.1) is 0 Å². The topological polar surface area (TPSA) is 79.0 Å². The number of nitrogens with one attached hydrogen (secondary N) is 1. The molecule has 2 aliphatic heterocycles. The van der Waals surface area contributed by atoms with E-state index in [2.05, 4.69) is 24.1 Å². The molecule has 0 radical (unpaired) electrons. The molecule has 0 atom stereocenters. The third kappa shape index (κ3) is 3.23. The summed E-state index contributed by atoms with van der Waals surface area (Å²) in [4.78, 5) is 13.6. The third-order valence-corrected chi connectivity index (χ3v) is 6.65. The van der Waals surface area contributed by atoms with E-state index in [1.54, 1.807) is 0 Å². The van der Waals surface area contributed by atoms with Crippen LogP contribution in [0.3, 0.4) is 0 Å². The normalized spacial score (nSPS) is 19.8. The van der Waals surface area contributed by atoms with Gasteiger partial charge >= 0.3 is 0 Å². The summed E-state index contributed by atoms with van der Waals surface area (Å²) in [6.07, 6.45) is 0. The van der Waals surface area contributed by atoms with Crippen LogP contribution < -0.4 is 10.1 Å². The molecule has 1 fully saturated rings. The molecule has 0 spiro atoms. The van der Waals surface area contributed by atoms with Crippen molar-refractivity contribution in [2.45, 2.75) is 24.8 Å². The van der Waals surface area contributed by atoms with Crippen molar-refractivity contribution in [3.8, 4) is 5.75 Å². The number of anilines is 1. The number of fused-ring (bicyclic) bond motifs is 1. The number of nitrogens with zero attached hydrogens (tertiary/aromatic N) is 2. The van der Waals surface area contributed by atoms with Crippen LogP contribution in [0.1, 0.15) is 13.8 Å². The van der Waals surface area contributed by atoms with Crippen LogP contribution in [0.25, 0.3) is 0 Å². The molecular formula is C15H20ClN3O4S. The lowest BCUT2D eigenvalue weighted by atomic mass is 10.2. The van der Waals surface area contributed by atoms with Crippen molar-refractivity contribution in [1.29, 1.82) is 0 Å². The van der Waals surface area contributed by atoms with Gasteiger partial charge in [0.1, 0.15) is 10.6 Å². The quantitative estimate of drug-likeness (QED) is 0.866. The van der Waals surface area contributed by atoms with Crippen molar-refractivity contribution in [1.82, 2.24) is 9.21 Å². The molecule has 3 rings (SSSR count). The van der Waals surface area contributed by atoms with E-state index in [4.69, 9.17) is 16.3 Å². The Hall–Kier alpha value is -1.35. The van der Waals surface area contributed by atoms with Gasteiger partial charge in [-0.25, -0.2) is 8.42 Å². The first-order valence-electron chi connectivity index (χ1n) is 7.79. The molecule has 0 aromatic heterocycles. The average Bonchev–Trinajstić information content (AvgIpc) is 2.54. The molecule has 24 heavy (non-hydrogen) atoms. The zero-order valence-corrected chi connectivity index (χ0v) is 15.2. The molecule has 1 aromatic rings. The van der Waals surface area contributed by atoms with Gasteiger partial charge in [0.2, 0.25) is 10.0 Å². The maximum atomic E-state index is 12.9. The Morgan fingerprint density at radius 1 is 1.21 bits per heavy atom. The van der Waals surface area contributed by atoms with Crippen LogP contribution in [0.5, 0.6) is 5.75 Å². The fraction of sp³-hybridized carbons (Fsp3) is 0.533. The number of amides is 1. The Labute approximate surface area is 146 Å². The first-order valence-corrected chi connectivity index (χ1v) is 9.61. The summed E-state index contributed by atoms with van der Waals surface area (Å²) >= 11 is 6.17. The summed E-state index contributed by atoms with van der Waals surface area (Å²) in [5.41, 5.74) is 0.389. The maximum absolute atomic E-state index is 12.9. The Balaban J connectivity index is 1.87. The van der Waals surface area contributed by atoms with Crippen molar-refractivity contribution < 1.29 is 17.9 Å². The predicted octanol–water partition coefficient (Wildman–Crippen LogP) is 1.39. The Morgan fingerprint density at radius 3 is 2.50 bits per heavy atom. The zero-order valence-electron chi connectivity index (χ0n) is 13.6. The molecule has 7 nitrogen and oxygen atoms in total. The number of benzene rings is 1. The summed E-state index contributed by atoms with van der Waals surface area (Å²) in [5, 5.41) is 2.69. The van der Waals surface area contributed by atoms with E-state index < -0.39 is 10.0 Å². The van der Waals surface area contributed by atoms with Crippen molar-refractivity contribution in [3.05, 3.63) is 17.2 Å². The van der Waals surface area contributed by atoms with Crippen LogP contribution in [0.2, 0.25) is 5.02 Å². The lowest BCUT2D eigenvalue weighted by molar-refractivity contribution is -0.118. The van der Waals surface area contributed by atoms with Gasteiger partial charge in [0.05, 0.1) is 10.7 Å². The lowest BCUT2D eigenvalue weighted by Gasteiger charge is -2.36. The summed E-state index contributed by atoms with van der Waals surface area (Å²) in [7, 11) is -3.71. The second-order valence-corrected chi connectivity index (χ2v) is 8.46. The highest BCUT2D eigenvalue weighted by atomic mass is 35.5. The Morgan fingerprint density at radius 2 is 1.88 bits per heavy atom. The van der Waals surface area contributed by atoms with Crippen LogP contribution >= 0.6 is 11.6 Å². The van der Waals surface area contributed by atoms with Crippen LogP contribution in [-0.2, 0) is 14.8 Å². The number of halogens is 1. The maximum Gasteiger partial charge on any atom is 0.262 e. The monoisotopic (exact) mass is 373 g/mol. The molecule has 9 heteroatoms. The summed E-state index contributed by atoms with van der Waals surface area (Å²) in [6.45, 7) is 6.27. The Bertz CT molecular complexity index is 758. The molecule has 1 saturated heterocycles. The first-order chi connectivity index (χ1) is 11.3. The van der Waals surface area contributed by atoms with Crippen LogP contribution in [-0.4, -0.2) is 62.4 Å². The van der Waals surface area contributed by atoms with Gasteiger partial charge in [0.25, 0.3) is 5.91 Å². The van der Waals surface area contributed by atoms with Crippen molar-refractivity contribution in [3.63, 3.8) is 0 Å². The van der Waals surface area contributed by atoms with Gasteiger partial charge in [-0.05, 0) is 19.9 Å². The predicted molar refractivity (Wildman–Crippen MR) is 91.0 cm³/mol. The molecule has 2 heterocycles. The molecule has 0 aliphatic carbocycles. The van der Waals surface area contributed by atoms with Crippen molar-refractivity contribution in [2.75, 3.05) is 38.1 Å². The minimum atomic E-state index is -3.71. The number of hydrogen-bond donors (Lipinski definition) is 1. The molecule has 0 bridgehead atoms. The standard InChI is InChI=1S/C15H20ClN3O4S/c1-10(2)18-3-5-19(6-4-18)24(21,22)14-8-13-12(7-11(14)16)17-15(20)9-23-13/h7-8,10H,3-6,9H2,1-2H3,(H,17,20). The van der Waals surface area contributed by atoms with E-state index in [9.17, 15) is 13.2 Å². The second-order valence-electron chi connectivity index (χ2n) is 6.15. The van der Waals surface area contributed by atoms with E-state index >= 15 is 0 Å². The van der Waals surface area contributed by atoms with Crippen LogP contribution in [0.15, 0.2) is 17.0 Å². The highest BCUT2D eigenvalue weighted by Gasteiger charge is 2.32. The van der Waals surface area contributed by atoms with Gasteiger partial charge in [-0.3, -0.25) is 9.69 Å². The highest BCUT2D eigenvalue weighted by molar-refractivity contribution is 7.89. The number of carbonyl (C=O) groups excluding carboxylic acids is 1. The second kappa shape index (κ2) is 6.51. The molecule has 132 valence electrons. The van der Waals surface area contributed by atoms with Gasteiger partial charge in [-0.1, -0.05) is 11.6 Å².